The fourth-order valence-corrected chi connectivity index (χ4v) is 1.61. The third-order valence-electron chi connectivity index (χ3n) is 3.03. The quantitative estimate of drug-likeness (QED) is 0.757. The molecule has 0 bridgehead atoms. The molecule has 94 valence electrons. The maximum absolute atomic E-state index is 12.0. The number of aryl methyl sites for hydroxylation is 1. The SMILES string of the molecule is Cc1[nH]ncc1C(=O)N(C)CCOCC1CC1. The fraction of sp³-hybridized carbons (Fsp3) is 0.667. The van der Waals surface area contributed by atoms with Gasteiger partial charge < -0.3 is 9.64 Å². The second-order valence-electron chi connectivity index (χ2n) is 4.65. The van der Waals surface area contributed by atoms with Crippen molar-refractivity contribution in [3.8, 4) is 0 Å². The summed E-state index contributed by atoms with van der Waals surface area (Å²) >= 11 is 0. The smallest absolute Gasteiger partial charge is 0.257 e. The van der Waals surface area contributed by atoms with Gasteiger partial charge >= 0.3 is 0 Å². The van der Waals surface area contributed by atoms with Gasteiger partial charge in [-0.15, -0.1) is 0 Å². The Bertz CT molecular complexity index is 385. The number of aromatic amines is 1. The molecule has 2 rings (SSSR count). The van der Waals surface area contributed by atoms with Crippen LogP contribution in [0.25, 0.3) is 0 Å². The van der Waals surface area contributed by atoms with Gasteiger partial charge in [0.1, 0.15) is 0 Å². The molecule has 0 unspecified atom stereocenters. The maximum Gasteiger partial charge on any atom is 0.257 e. The first kappa shape index (κ1) is 12.1. The molecule has 1 aliphatic carbocycles. The molecule has 5 nitrogen and oxygen atoms in total. The Balaban J connectivity index is 1.72. The molecule has 1 fully saturated rings. The number of nitrogens with one attached hydrogen (secondary N) is 1. The van der Waals surface area contributed by atoms with Crippen LogP contribution in [0.2, 0.25) is 0 Å². The van der Waals surface area contributed by atoms with Crippen LogP contribution >= 0.6 is 0 Å². The van der Waals surface area contributed by atoms with Gasteiger partial charge in [-0.1, -0.05) is 0 Å². The van der Waals surface area contributed by atoms with Gasteiger partial charge in [-0.2, -0.15) is 5.10 Å². The molecule has 1 saturated carbocycles. The molecule has 0 atom stereocenters. The second kappa shape index (κ2) is 5.31. The summed E-state index contributed by atoms with van der Waals surface area (Å²) < 4.78 is 5.51. The Kier molecular flexibility index (Phi) is 3.78. The van der Waals surface area contributed by atoms with Crippen molar-refractivity contribution in [3.63, 3.8) is 0 Å². The zero-order chi connectivity index (χ0) is 12.3. The summed E-state index contributed by atoms with van der Waals surface area (Å²) in [6, 6.07) is 0. The summed E-state index contributed by atoms with van der Waals surface area (Å²) in [6.07, 6.45) is 4.16. The lowest BCUT2D eigenvalue weighted by atomic mass is 10.2. The van der Waals surface area contributed by atoms with Gasteiger partial charge in [0.05, 0.1) is 18.4 Å². The van der Waals surface area contributed by atoms with Crippen molar-refractivity contribution in [2.75, 3.05) is 26.8 Å². The van der Waals surface area contributed by atoms with E-state index in [-0.39, 0.29) is 5.91 Å². The Labute approximate surface area is 101 Å². The van der Waals surface area contributed by atoms with Gasteiger partial charge in [-0.25, -0.2) is 0 Å². The molecule has 0 spiro atoms. The molecule has 1 aliphatic rings. The lowest BCUT2D eigenvalue weighted by Gasteiger charge is -2.16. The van der Waals surface area contributed by atoms with E-state index in [4.69, 9.17) is 4.74 Å². The summed E-state index contributed by atoms with van der Waals surface area (Å²) in [5.41, 5.74) is 1.44. The van der Waals surface area contributed by atoms with Crippen molar-refractivity contribution in [1.82, 2.24) is 15.1 Å². The van der Waals surface area contributed by atoms with E-state index in [1.54, 1.807) is 18.1 Å². The highest BCUT2D eigenvalue weighted by Gasteiger charge is 2.21. The highest BCUT2D eigenvalue weighted by atomic mass is 16.5. The van der Waals surface area contributed by atoms with Crippen molar-refractivity contribution < 1.29 is 9.53 Å². The van der Waals surface area contributed by atoms with E-state index in [2.05, 4.69) is 10.2 Å². The first-order valence-corrected chi connectivity index (χ1v) is 6.01. The van der Waals surface area contributed by atoms with Crippen LogP contribution in [0.15, 0.2) is 6.20 Å². The number of hydrogen-bond acceptors (Lipinski definition) is 3. The first-order chi connectivity index (χ1) is 8.18. The van der Waals surface area contributed by atoms with E-state index >= 15 is 0 Å². The molecule has 5 heteroatoms. The maximum atomic E-state index is 12.0. The van der Waals surface area contributed by atoms with Crippen molar-refractivity contribution in [1.29, 1.82) is 0 Å². The van der Waals surface area contributed by atoms with Gasteiger partial charge in [-0.05, 0) is 25.7 Å². The number of amides is 1. The van der Waals surface area contributed by atoms with Crippen LogP contribution in [0.4, 0.5) is 0 Å². The van der Waals surface area contributed by atoms with E-state index < -0.39 is 0 Å². The summed E-state index contributed by atoms with van der Waals surface area (Å²) in [6.45, 7) is 3.91. The van der Waals surface area contributed by atoms with Gasteiger partial charge in [-0.3, -0.25) is 9.89 Å². The third kappa shape index (κ3) is 3.30. The average molecular weight is 237 g/mol. The zero-order valence-corrected chi connectivity index (χ0v) is 10.4. The minimum Gasteiger partial charge on any atom is -0.379 e. The summed E-state index contributed by atoms with van der Waals surface area (Å²) in [4.78, 5) is 13.6. The Morgan fingerprint density at radius 1 is 1.65 bits per heavy atom. The molecule has 17 heavy (non-hydrogen) atoms. The van der Waals surface area contributed by atoms with Crippen LogP contribution in [-0.2, 0) is 4.74 Å². The molecule has 1 N–H and O–H groups in total. The monoisotopic (exact) mass is 237 g/mol. The predicted octanol–water partition coefficient (Wildman–Crippen LogP) is 1.22. The van der Waals surface area contributed by atoms with E-state index in [1.165, 1.54) is 12.8 Å². The minimum absolute atomic E-state index is 0.00808. The van der Waals surface area contributed by atoms with Gasteiger partial charge in [0.2, 0.25) is 0 Å². The van der Waals surface area contributed by atoms with Crippen LogP contribution < -0.4 is 0 Å². The van der Waals surface area contributed by atoms with Crippen LogP contribution in [-0.4, -0.2) is 47.8 Å². The Morgan fingerprint density at radius 3 is 3.00 bits per heavy atom. The molecule has 1 amide bonds. The highest BCUT2D eigenvalue weighted by molar-refractivity contribution is 5.94. The number of hydrogen-bond donors (Lipinski definition) is 1. The first-order valence-electron chi connectivity index (χ1n) is 6.01. The molecule has 0 saturated heterocycles. The standard InChI is InChI=1S/C12H19N3O2/c1-9-11(7-13-14-9)12(16)15(2)5-6-17-8-10-3-4-10/h7,10H,3-6,8H2,1-2H3,(H,13,14). The van der Waals surface area contributed by atoms with Crippen molar-refractivity contribution in [3.05, 3.63) is 17.5 Å². The molecule has 1 aromatic heterocycles. The van der Waals surface area contributed by atoms with Crippen LogP contribution in [0.3, 0.4) is 0 Å². The fourth-order valence-electron chi connectivity index (χ4n) is 1.61. The Morgan fingerprint density at radius 2 is 2.41 bits per heavy atom. The number of carbonyl (C=O) groups excluding carboxylic acids is 1. The number of ether oxygens (including phenoxy) is 1. The highest BCUT2D eigenvalue weighted by Crippen LogP contribution is 2.28. The molecular formula is C12H19N3O2. The second-order valence-corrected chi connectivity index (χ2v) is 4.65. The number of rotatable bonds is 6. The van der Waals surface area contributed by atoms with Crippen LogP contribution in [0.5, 0.6) is 0 Å². The molecular weight excluding hydrogens is 218 g/mol. The lowest BCUT2D eigenvalue weighted by molar-refractivity contribution is 0.0680. The Hall–Kier alpha value is -1.36. The molecule has 0 aliphatic heterocycles. The average Bonchev–Trinajstić information content (AvgIpc) is 3.04. The van der Waals surface area contributed by atoms with Crippen molar-refractivity contribution in [2.45, 2.75) is 19.8 Å². The third-order valence-corrected chi connectivity index (χ3v) is 3.03. The topological polar surface area (TPSA) is 58.2 Å². The summed E-state index contributed by atoms with van der Waals surface area (Å²) in [5.74, 6) is 0.762. The van der Waals surface area contributed by atoms with E-state index in [0.717, 1.165) is 18.2 Å². The summed E-state index contributed by atoms with van der Waals surface area (Å²) in [5, 5.41) is 6.62. The molecule has 0 aromatic carbocycles. The van der Waals surface area contributed by atoms with Crippen molar-refractivity contribution >= 4 is 5.91 Å². The lowest BCUT2D eigenvalue weighted by Crippen LogP contribution is -2.30. The molecule has 1 aromatic rings. The van der Waals surface area contributed by atoms with E-state index in [1.807, 2.05) is 6.92 Å². The normalized spacial score (nSPS) is 14.9. The van der Waals surface area contributed by atoms with Gasteiger partial charge in [0, 0.05) is 25.9 Å². The predicted molar refractivity (Wildman–Crippen MR) is 63.8 cm³/mol. The number of likely N-dealkylation sites (N-methyl/N-ethyl adjacent to an activating group) is 1. The number of nitrogens with zero attached hydrogens (tertiary/aromatic N) is 2. The largest absolute Gasteiger partial charge is 0.379 e. The van der Waals surface area contributed by atoms with Crippen molar-refractivity contribution in [2.24, 2.45) is 5.92 Å². The van der Waals surface area contributed by atoms with Gasteiger partial charge in [0.25, 0.3) is 5.91 Å². The summed E-state index contributed by atoms with van der Waals surface area (Å²) in [7, 11) is 1.79. The number of aromatic nitrogens is 2. The van der Waals surface area contributed by atoms with E-state index in [9.17, 15) is 4.79 Å². The molecule has 1 heterocycles. The molecule has 0 radical (unpaired) electrons. The number of H-pyrrole nitrogens is 1. The van der Waals surface area contributed by atoms with Crippen LogP contribution in [0, 0.1) is 12.8 Å². The van der Waals surface area contributed by atoms with Gasteiger partial charge in [0.15, 0.2) is 0 Å². The van der Waals surface area contributed by atoms with E-state index in [0.29, 0.717) is 18.7 Å². The zero-order valence-electron chi connectivity index (χ0n) is 10.4. The number of carbonyl (C=O) groups is 1. The van der Waals surface area contributed by atoms with Crippen LogP contribution in [0.1, 0.15) is 28.9 Å². The minimum atomic E-state index is -0.00808.